The Labute approximate surface area is 98.8 Å². The molecule has 0 fully saturated rings. The van der Waals surface area contributed by atoms with Crippen molar-refractivity contribution < 1.29 is 0 Å². The van der Waals surface area contributed by atoms with Crippen LogP contribution in [0, 0.1) is 0 Å². The third-order valence-electron chi connectivity index (χ3n) is 2.74. The van der Waals surface area contributed by atoms with Crippen LogP contribution in [0.1, 0.15) is 5.56 Å². The standard InChI is InChI=1S/C13H23N3/c1-14-9-8-12-6-4-5-7-13(12)16(3)11-10-15-2/h4-7,14-15H,8-11H2,1-3H3. The number of hydrogen-bond acceptors (Lipinski definition) is 3. The van der Waals surface area contributed by atoms with Gasteiger partial charge in [-0.05, 0) is 38.7 Å². The van der Waals surface area contributed by atoms with Crippen molar-refractivity contribution in [3.8, 4) is 0 Å². The van der Waals surface area contributed by atoms with Gasteiger partial charge in [-0.15, -0.1) is 0 Å². The molecule has 0 saturated heterocycles. The van der Waals surface area contributed by atoms with Gasteiger partial charge in [0.05, 0.1) is 0 Å². The molecule has 2 N–H and O–H groups in total. The first kappa shape index (κ1) is 13.0. The molecule has 0 heterocycles. The molecule has 0 aliphatic carbocycles. The van der Waals surface area contributed by atoms with E-state index in [1.54, 1.807) is 0 Å². The molecular formula is C13H23N3. The minimum atomic E-state index is 1.01. The quantitative estimate of drug-likeness (QED) is 0.722. The normalized spacial score (nSPS) is 10.4. The molecule has 0 amide bonds. The summed E-state index contributed by atoms with van der Waals surface area (Å²) in [6.45, 7) is 3.07. The first-order valence-electron chi connectivity index (χ1n) is 5.88. The molecule has 0 radical (unpaired) electrons. The number of nitrogens with zero attached hydrogens (tertiary/aromatic N) is 1. The van der Waals surface area contributed by atoms with Crippen LogP contribution in [-0.4, -0.2) is 40.8 Å². The van der Waals surface area contributed by atoms with E-state index < -0.39 is 0 Å². The second-order valence-electron chi connectivity index (χ2n) is 4.01. The van der Waals surface area contributed by atoms with Gasteiger partial charge in [0.15, 0.2) is 0 Å². The molecule has 0 atom stereocenters. The molecule has 0 aliphatic heterocycles. The third-order valence-corrected chi connectivity index (χ3v) is 2.74. The van der Waals surface area contributed by atoms with E-state index in [-0.39, 0.29) is 0 Å². The number of rotatable bonds is 7. The lowest BCUT2D eigenvalue weighted by Crippen LogP contribution is -2.28. The highest BCUT2D eigenvalue weighted by Gasteiger charge is 2.05. The summed E-state index contributed by atoms with van der Waals surface area (Å²) in [5.41, 5.74) is 2.75. The van der Waals surface area contributed by atoms with Gasteiger partial charge < -0.3 is 15.5 Å². The molecule has 0 bridgehead atoms. The molecule has 0 spiro atoms. The van der Waals surface area contributed by atoms with E-state index in [4.69, 9.17) is 0 Å². The van der Waals surface area contributed by atoms with Crippen molar-refractivity contribution in [2.45, 2.75) is 6.42 Å². The van der Waals surface area contributed by atoms with Gasteiger partial charge in [0.2, 0.25) is 0 Å². The summed E-state index contributed by atoms with van der Waals surface area (Å²) in [4.78, 5) is 2.31. The minimum absolute atomic E-state index is 1.01. The Morgan fingerprint density at radius 2 is 1.75 bits per heavy atom. The van der Waals surface area contributed by atoms with Gasteiger partial charge in [-0.1, -0.05) is 18.2 Å². The number of hydrogen-bond donors (Lipinski definition) is 2. The molecule has 1 rings (SSSR count). The zero-order valence-electron chi connectivity index (χ0n) is 10.6. The molecule has 0 aliphatic rings. The lowest BCUT2D eigenvalue weighted by atomic mass is 10.1. The van der Waals surface area contributed by atoms with Crippen LogP contribution in [-0.2, 0) is 6.42 Å². The van der Waals surface area contributed by atoms with Crippen LogP contribution >= 0.6 is 0 Å². The maximum Gasteiger partial charge on any atom is 0.0397 e. The number of anilines is 1. The maximum absolute atomic E-state index is 3.19. The Kier molecular flexibility index (Phi) is 5.90. The zero-order valence-corrected chi connectivity index (χ0v) is 10.6. The van der Waals surface area contributed by atoms with Crippen LogP contribution in [0.4, 0.5) is 5.69 Å². The Morgan fingerprint density at radius 1 is 1.06 bits per heavy atom. The van der Waals surface area contributed by atoms with Gasteiger partial charge in [-0.3, -0.25) is 0 Å². The summed E-state index contributed by atoms with van der Waals surface area (Å²) in [7, 11) is 6.13. The highest BCUT2D eigenvalue weighted by molar-refractivity contribution is 5.53. The minimum Gasteiger partial charge on any atom is -0.373 e. The van der Waals surface area contributed by atoms with Crippen LogP contribution in [0.25, 0.3) is 0 Å². The van der Waals surface area contributed by atoms with E-state index in [1.807, 2.05) is 14.1 Å². The van der Waals surface area contributed by atoms with Gasteiger partial charge >= 0.3 is 0 Å². The topological polar surface area (TPSA) is 27.3 Å². The van der Waals surface area contributed by atoms with Gasteiger partial charge in [0.1, 0.15) is 0 Å². The summed E-state index contributed by atoms with van der Waals surface area (Å²) < 4.78 is 0. The maximum atomic E-state index is 3.19. The summed E-state index contributed by atoms with van der Waals surface area (Å²) in [6, 6.07) is 8.62. The summed E-state index contributed by atoms with van der Waals surface area (Å²) in [5, 5.41) is 6.37. The van der Waals surface area contributed by atoms with Crippen molar-refractivity contribution >= 4 is 5.69 Å². The predicted molar refractivity (Wildman–Crippen MR) is 71.3 cm³/mol. The van der Waals surface area contributed by atoms with E-state index in [2.05, 4.69) is 46.8 Å². The Bertz CT molecular complexity index is 299. The third kappa shape index (κ3) is 3.83. The lowest BCUT2D eigenvalue weighted by Gasteiger charge is -2.22. The van der Waals surface area contributed by atoms with Crippen LogP contribution < -0.4 is 15.5 Å². The van der Waals surface area contributed by atoms with Gasteiger partial charge in [-0.2, -0.15) is 0 Å². The number of likely N-dealkylation sites (N-methyl/N-ethyl adjacent to an activating group) is 3. The number of benzene rings is 1. The van der Waals surface area contributed by atoms with Crippen LogP contribution in [0.15, 0.2) is 24.3 Å². The zero-order chi connectivity index (χ0) is 11.8. The first-order chi connectivity index (χ1) is 7.79. The van der Waals surface area contributed by atoms with E-state index in [0.29, 0.717) is 0 Å². The fourth-order valence-electron chi connectivity index (χ4n) is 1.75. The molecule has 90 valence electrons. The van der Waals surface area contributed by atoms with Crippen molar-refractivity contribution in [1.82, 2.24) is 10.6 Å². The Morgan fingerprint density at radius 3 is 2.44 bits per heavy atom. The van der Waals surface area contributed by atoms with E-state index >= 15 is 0 Å². The van der Waals surface area contributed by atoms with E-state index in [9.17, 15) is 0 Å². The molecule has 0 saturated carbocycles. The number of para-hydroxylation sites is 1. The van der Waals surface area contributed by atoms with Crippen LogP contribution in [0.5, 0.6) is 0 Å². The fourth-order valence-corrected chi connectivity index (χ4v) is 1.75. The SMILES string of the molecule is CNCCc1ccccc1N(C)CCNC. The van der Waals surface area contributed by atoms with Gasteiger partial charge in [-0.25, -0.2) is 0 Å². The second-order valence-corrected chi connectivity index (χ2v) is 4.01. The van der Waals surface area contributed by atoms with E-state index in [0.717, 1.165) is 26.1 Å². The summed E-state index contributed by atoms with van der Waals surface area (Å²) >= 11 is 0. The van der Waals surface area contributed by atoms with Crippen LogP contribution in [0.2, 0.25) is 0 Å². The van der Waals surface area contributed by atoms with Gasteiger partial charge in [0, 0.05) is 25.8 Å². The largest absolute Gasteiger partial charge is 0.373 e. The van der Waals surface area contributed by atoms with E-state index in [1.165, 1.54) is 11.3 Å². The van der Waals surface area contributed by atoms with Gasteiger partial charge in [0.25, 0.3) is 0 Å². The highest BCUT2D eigenvalue weighted by Crippen LogP contribution is 2.18. The van der Waals surface area contributed by atoms with Crippen molar-refractivity contribution in [2.75, 3.05) is 45.7 Å². The van der Waals surface area contributed by atoms with Crippen molar-refractivity contribution in [3.63, 3.8) is 0 Å². The predicted octanol–water partition coefficient (Wildman–Crippen LogP) is 1.10. The van der Waals surface area contributed by atoms with Crippen molar-refractivity contribution in [1.29, 1.82) is 0 Å². The molecular weight excluding hydrogens is 198 g/mol. The fraction of sp³-hybridized carbons (Fsp3) is 0.538. The molecule has 1 aromatic rings. The Balaban J connectivity index is 2.68. The Hall–Kier alpha value is -1.06. The summed E-state index contributed by atoms with van der Waals surface area (Å²) in [5.74, 6) is 0. The summed E-state index contributed by atoms with van der Waals surface area (Å²) in [6.07, 6.45) is 1.08. The first-order valence-corrected chi connectivity index (χ1v) is 5.88. The highest BCUT2D eigenvalue weighted by atomic mass is 15.1. The average Bonchev–Trinajstić information content (AvgIpc) is 2.33. The lowest BCUT2D eigenvalue weighted by molar-refractivity contribution is 0.756. The monoisotopic (exact) mass is 221 g/mol. The molecule has 3 nitrogen and oxygen atoms in total. The van der Waals surface area contributed by atoms with Crippen molar-refractivity contribution in [3.05, 3.63) is 29.8 Å². The molecule has 16 heavy (non-hydrogen) atoms. The molecule has 0 aromatic heterocycles. The molecule has 0 unspecified atom stereocenters. The molecule has 1 aromatic carbocycles. The average molecular weight is 221 g/mol. The van der Waals surface area contributed by atoms with Crippen LogP contribution in [0.3, 0.4) is 0 Å². The number of nitrogens with one attached hydrogen (secondary N) is 2. The molecule has 3 heteroatoms. The smallest absolute Gasteiger partial charge is 0.0397 e. The van der Waals surface area contributed by atoms with Crippen molar-refractivity contribution in [2.24, 2.45) is 0 Å². The second kappa shape index (κ2) is 7.25.